The fraction of sp³-hybridized carbons (Fsp3) is 0.174. The molecule has 154 valence electrons. The summed E-state index contributed by atoms with van der Waals surface area (Å²) in [5.74, 6) is -1.48. The van der Waals surface area contributed by atoms with E-state index in [1.54, 1.807) is 24.3 Å². The highest BCUT2D eigenvalue weighted by atomic mass is 32.2. The molecule has 1 N–H and O–H groups in total. The van der Waals surface area contributed by atoms with Crippen molar-refractivity contribution in [3.63, 3.8) is 0 Å². The van der Waals surface area contributed by atoms with Crippen LogP contribution in [0.1, 0.15) is 28.4 Å². The van der Waals surface area contributed by atoms with E-state index in [1.807, 2.05) is 31.2 Å². The van der Waals surface area contributed by atoms with E-state index >= 15 is 0 Å². The second-order valence-corrected chi connectivity index (χ2v) is 8.96. The van der Waals surface area contributed by atoms with Gasteiger partial charge in [-0.2, -0.15) is 0 Å². The molecule has 0 unspecified atom stereocenters. The molecule has 0 saturated carbocycles. The lowest BCUT2D eigenvalue weighted by Crippen LogP contribution is -2.29. The summed E-state index contributed by atoms with van der Waals surface area (Å²) in [6.45, 7) is 2.33. The molecule has 1 aliphatic rings. The fourth-order valence-electron chi connectivity index (χ4n) is 3.55. The van der Waals surface area contributed by atoms with Crippen LogP contribution in [0.3, 0.4) is 0 Å². The molecule has 0 atom stereocenters. The zero-order valence-electron chi connectivity index (χ0n) is 16.4. The van der Waals surface area contributed by atoms with Gasteiger partial charge in [-0.3, -0.25) is 9.10 Å². The third kappa shape index (κ3) is 3.68. The average molecular weight is 424 g/mol. The molecule has 5 nitrogen and oxygen atoms in total. The number of nitrogens with one attached hydrogen (secondary N) is 1. The van der Waals surface area contributed by atoms with E-state index < -0.39 is 21.7 Å². The van der Waals surface area contributed by atoms with E-state index in [1.165, 1.54) is 10.4 Å². The summed E-state index contributed by atoms with van der Waals surface area (Å²) in [6, 6.07) is 17.8. The van der Waals surface area contributed by atoms with Gasteiger partial charge >= 0.3 is 0 Å². The minimum atomic E-state index is -3.92. The minimum Gasteiger partial charge on any atom is -0.322 e. The lowest BCUT2D eigenvalue weighted by molar-refractivity contribution is 0.102. The highest BCUT2D eigenvalue weighted by Gasteiger charge is 2.31. The molecule has 1 amide bonds. The van der Waals surface area contributed by atoms with Gasteiger partial charge in [0.15, 0.2) is 0 Å². The van der Waals surface area contributed by atoms with Gasteiger partial charge in [0, 0.05) is 12.2 Å². The molecule has 0 aromatic heterocycles. The zero-order chi connectivity index (χ0) is 21.3. The number of hydrogen-bond acceptors (Lipinski definition) is 3. The van der Waals surface area contributed by atoms with E-state index in [0.29, 0.717) is 24.3 Å². The number of hydrogen-bond donors (Lipinski definition) is 1. The molecule has 7 heteroatoms. The summed E-state index contributed by atoms with van der Waals surface area (Å²) in [7, 11) is -3.92. The maximum absolute atomic E-state index is 14.4. The number of benzene rings is 3. The monoisotopic (exact) mass is 424 g/mol. The molecule has 30 heavy (non-hydrogen) atoms. The van der Waals surface area contributed by atoms with Crippen LogP contribution in [0.5, 0.6) is 0 Å². The lowest BCUT2D eigenvalue weighted by Gasteiger charge is -2.20. The van der Waals surface area contributed by atoms with E-state index in [2.05, 4.69) is 5.32 Å². The standard InChI is InChI=1S/C23H21FN2O3S/c1-2-16-7-9-18(10-8-16)25-23(27)20-15-19(11-12-21(20)24)30(28,29)26-14-13-17-5-3-4-6-22(17)26/h3-12,15H,2,13-14H2,1H3,(H,25,27). The molecule has 3 aromatic carbocycles. The second-order valence-electron chi connectivity index (χ2n) is 7.10. The van der Waals surface area contributed by atoms with Crippen molar-refractivity contribution in [1.82, 2.24) is 0 Å². The van der Waals surface area contributed by atoms with Crippen molar-refractivity contribution in [2.45, 2.75) is 24.7 Å². The van der Waals surface area contributed by atoms with Crippen molar-refractivity contribution < 1.29 is 17.6 Å². The number of halogens is 1. The highest BCUT2D eigenvalue weighted by molar-refractivity contribution is 7.92. The van der Waals surface area contributed by atoms with Crippen LogP contribution in [0.2, 0.25) is 0 Å². The smallest absolute Gasteiger partial charge is 0.264 e. The van der Waals surface area contributed by atoms with Gasteiger partial charge < -0.3 is 5.32 Å². The zero-order valence-corrected chi connectivity index (χ0v) is 17.2. The van der Waals surface area contributed by atoms with Gasteiger partial charge in [-0.15, -0.1) is 0 Å². The normalized spacial score (nSPS) is 13.2. The molecule has 0 spiro atoms. The molecular formula is C23H21FN2O3S. The molecule has 4 rings (SSSR count). The van der Waals surface area contributed by atoms with Gasteiger partial charge in [0.2, 0.25) is 0 Å². The summed E-state index contributed by atoms with van der Waals surface area (Å²) in [5, 5.41) is 2.63. The number of amides is 1. The van der Waals surface area contributed by atoms with Crippen LogP contribution in [-0.2, 0) is 22.9 Å². The first kappa shape index (κ1) is 20.1. The van der Waals surface area contributed by atoms with Crippen LogP contribution in [0.4, 0.5) is 15.8 Å². The van der Waals surface area contributed by atoms with E-state index in [0.717, 1.165) is 29.7 Å². The number of para-hydroxylation sites is 1. The van der Waals surface area contributed by atoms with Crippen molar-refractivity contribution in [3.05, 3.63) is 89.2 Å². The van der Waals surface area contributed by atoms with Crippen molar-refractivity contribution in [2.24, 2.45) is 0 Å². The first-order valence-electron chi connectivity index (χ1n) is 9.70. The fourth-order valence-corrected chi connectivity index (χ4v) is 5.08. The van der Waals surface area contributed by atoms with Crippen molar-refractivity contribution in [3.8, 4) is 0 Å². The Morgan fingerprint density at radius 2 is 1.80 bits per heavy atom. The SMILES string of the molecule is CCc1ccc(NC(=O)c2cc(S(=O)(=O)N3CCc4ccccc43)ccc2F)cc1. The topological polar surface area (TPSA) is 66.5 Å². The Morgan fingerprint density at radius 3 is 2.53 bits per heavy atom. The van der Waals surface area contributed by atoms with Crippen LogP contribution in [0, 0.1) is 5.82 Å². The number of carbonyl (C=O) groups excluding carboxylic acids is 1. The predicted octanol–water partition coefficient (Wildman–Crippen LogP) is 4.39. The molecule has 0 saturated heterocycles. The molecule has 0 fully saturated rings. The number of rotatable bonds is 5. The Morgan fingerprint density at radius 1 is 1.07 bits per heavy atom. The third-order valence-electron chi connectivity index (χ3n) is 5.24. The van der Waals surface area contributed by atoms with Crippen LogP contribution in [0.25, 0.3) is 0 Å². The summed E-state index contributed by atoms with van der Waals surface area (Å²) < 4.78 is 42.1. The first-order chi connectivity index (χ1) is 14.4. The molecular weight excluding hydrogens is 403 g/mol. The Hall–Kier alpha value is -3.19. The van der Waals surface area contributed by atoms with Crippen LogP contribution < -0.4 is 9.62 Å². The van der Waals surface area contributed by atoms with Gasteiger partial charge in [-0.1, -0.05) is 37.3 Å². The number of sulfonamides is 1. The number of aryl methyl sites for hydroxylation is 1. The Kier molecular flexibility index (Phi) is 5.30. The summed E-state index contributed by atoms with van der Waals surface area (Å²) >= 11 is 0. The molecule has 0 aliphatic carbocycles. The number of fused-ring (bicyclic) bond motifs is 1. The van der Waals surface area contributed by atoms with Gasteiger partial charge in [0.1, 0.15) is 5.82 Å². The maximum Gasteiger partial charge on any atom is 0.264 e. The maximum atomic E-state index is 14.4. The highest BCUT2D eigenvalue weighted by Crippen LogP contribution is 2.33. The molecule has 1 aliphatic heterocycles. The molecule has 0 radical (unpaired) electrons. The van der Waals surface area contributed by atoms with Gasteiger partial charge in [0.25, 0.3) is 15.9 Å². The number of nitrogens with zero attached hydrogens (tertiary/aromatic N) is 1. The number of anilines is 2. The lowest BCUT2D eigenvalue weighted by atomic mass is 10.1. The van der Waals surface area contributed by atoms with Crippen molar-refractivity contribution in [2.75, 3.05) is 16.2 Å². The third-order valence-corrected chi connectivity index (χ3v) is 7.04. The van der Waals surface area contributed by atoms with Crippen LogP contribution >= 0.6 is 0 Å². The van der Waals surface area contributed by atoms with Crippen molar-refractivity contribution in [1.29, 1.82) is 0 Å². The summed E-state index contributed by atoms with van der Waals surface area (Å²) in [5.41, 5.74) is 2.86. The predicted molar refractivity (Wildman–Crippen MR) is 115 cm³/mol. The molecule has 0 bridgehead atoms. The quantitative estimate of drug-likeness (QED) is 0.661. The Labute approximate surface area is 175 Å². The molecule has 1 heterocycles. The van der Waals surface area contributed by atoms with Gasteiger partial charge in [-0.05, 0) is 60.4 Å². The van der Waals surface area contributed by atoms with E-state index in [4.69, 9.17) is 0 Å². The van der Waals surface area contributed by atoms with E-state index in [-0.39, 0.29) is 10.5 Å². The summed E-state index contributed by atoms with van der Waals surface area (Å²) in [6.07, 6.45) is 1.47. The average Bonchev–Trinajstić information content (AvgIpc) is 3.19. The first-order valence-corrected chi connectivity index (χ1v) is 11.1. The largest absolute Gasteiger partial charge is 0.322 e. The van der Waals surface area contributed by atoms with Gasteiger partial charge in [-0.25, -0.2) is 12.8 Å². The van der Waals surface area contributed by atoms with Crippen LogP contribution in [-0.4, -0.2) is 20.9 Å². The second kappa shape index (κ2) is 7.91. The minimum absolute atomic E-state index is 0.118. The Balaban J connectivity index is 1.63. The van der Waals surface area contributed by atoms with Crippen molar-refractivity contribution >= 4 is 27.3 Å². The number of carbonyl (C=O) groups is 1. The van der Waals surface area contributed by atoms with E-state index in [9.17, 15) is 17.6 Å². The Bertz CT molecular complexity index is 1210. The summed E-state index contributed by atoms with van der Waals surface area (Å²) in [4.78, 5) is 12.5. The molecule has 3 aromatic rings. The van der Waals surface area contributed by atoms with Crippen LogP contribution in [0.15, 0.2) is 71.6 Å². The van der Waals surface area contributed by atoms with Gasteiger partial charge in [0.05, 0.1) is 16.1 Å².